The Morgan fingerprint density at radius 3 is 2.88 bits per heavy atom. The van der Waals surface area contributed by atoms with E-state index in [0.717, 1.165) is 42.2 Å². The Morgan fingerprint density at radius 1 is 1.36 bits per heavy atom. The average molecular weight is 378 g/mol. The Balaban J connectivity index is 1.53. The van der Waals surface area contributed by atoms with Crippen LogP contribution < -0.4 is 9.62 Å². The summed E-state index contributed by atoms with van der Waals surface area (Å²) in [5.74, 6) is 0.306. The second-order valence-electron chi connectivity index (χ2n) is 6.38. The van der Waals surface area contributed by atoms with Gasteiger partial charge >= 0.3 is 0 Å². The summed E-state index contributed by atoms with van der Waals surface area (Å²) < 4.78 is 27.1. The molecule has 3 rings (SSSR count). The van der Waals surface area contributed by atoms with Crippen molar-refractivity contribution in [2.75, 3.05) is 24.5 Å². The standard InChI is InChI=1S/C18H23N3O2S2/c1-15-4-6-16(7-5-15)8-12-25(22,23)20-13-17-3-2-10-21(14-17)18-19-9-11-24-18/h4-9,11-12,17,20H,2-3,10,13-14H2,1H3/b12-8+. The van der Waals surface area contributed by atoms with Crippen molar-refractivity contribution in [3.8, 4) is 0 Å². The molecular weight excluding hydrogens is 354 g/mol. The van der Waals surface area contributed by atoms with Crippen molar-refractivity contribution in [1.82, 2.24) is 9.71 Å². The first kappa shape index (κ1) is 18.1. The summed E-state index contributed by atoms with van der Waals surface area (Å²) in [7, 11) is -3.42. The highest BCUT2D eigenvalue weighted by atomic mass is 32.2. The average Bonchev–Trinajstić information content (AvgIpc) is 3.15. The molecule has 1 aliphatic rings. The number of thiazole rings is 1. The van der Waals surface area contributed by atoms with E-state index in [0.29, 0.717) is 12.5 Å². The number of hydrogen-bond donors (Lipinski definition) is 1. The highest BCUT2D eigenvalue weighted by Crippen LogP contribution is 2.24. The molecule has 0 spiro atoms. The summed E-state index contributed by atoms with van der Waals surface area (Å²) in [5, 5.41) is 4.24. The van der Waals surface area contributed by atoms with E-state index in [4.69, 9.17) is 0 Å². The fourth-order valence-corrected chi connectivity index (χ4v) is 4.49. The second kappa shape index (κ2) is 8.12. The number of nitrogens with one attached hydrogen (secondary N) is 1. The van der Waals surface area contributed by atoms with E-state index in [1.807, 2.05) is 42.8 Å². The molecule has 0 aliphatic carbocycles. The van der Waals surface area contributed by atoms with E-state index >= 15 is 0 Å². The Bertz CT molecular complexity index is 799. The first-order valence-corrected chi connectivity index (χ1v) is 10.8. The van der Waals surface area contributed by atoms with E-state index in [1.54, 1.807) is 17.4 Å². The molecule has 1 aliphatic heterocycles. The van der Waals surface area contributed by atoms with E-state index in [2.05, 4.69) is 14.6 Å². The number of piperidine rings is 1. The molecule has 0 saturated carbocycles. The van der Waals surface area contributed by atoms with Gasteiger partial charge in [-0.2, -0.15) is 0 Å². The summed E-state index contributed by atoms with van der Waals surface area (Å²) >= 11 is 1.63. The molecule has 1 aromatic carbocycles. The topological polar surface area (TPSA) is 62.3 Å². The van der Waals surface area contributed by atoms with Gasteiger partial charge in [0, 0.05) is 36.6 Å². The third kappa shape index (κ3) is 5.39. The van der Waals surface area contributed by atoms with Crippen molar-refractivity contribution in [3.05, 3.63) is 52.4 Å². The molecule has 7 heteroatoms. The van der Waals surface area contributed by atoms with Crippen molar-refractivity contribution < 1.29 is 8.42 Å². The first-order chi connectivity index (χ1) is 12.0. The number of aryl methyl sites for hydroxylation is 1. The lowest BCUT2D eigenvalue weighted by Crippen LogP contribution is -2.40. The zero-order valence-corrected chi connectivity index (χ0v) is 15.9. The first-order valence-electron chi connectivity index (χ1n) is 8.41. The summed E-state index contributed by atoms with van der Waals surface area (Å²) in [6.45, 7) is 4.30. The normalized spacial score (nSPS) is 18.8. The van der Waals surface area contributed by atoms with Crippen LogP contribution >= 0.6 is 11.3 Å². The molecule has 0 bridgehead atoms. The molecule has 134 valence electrons. The highest BCUT2D eigenvalue weighted by molar-refractivity contribution is 7.92. The van der Waals surface area contributed by atoms with Gasteiger partial charge in [0.2, 0.25) is 10.0 Å². The number of rotatable bonds is 6. The monoisotopic (exact) mass is 377 g/mol. The van der Waals surface area contributed by atoms with Crippen LogP contribution in [0.1, 0.15) is 24.0 Å². The summed E-state index contributed by atoms with van der Waals surface area (Å²) in [6, 6.07) is 7.76. The molecule has 2 heterocycles. The zero-order valence-electron chi connectivity index (χ0n) is 14.3. The van der Waals surface area contributed by atoms with Crippen LogP contribution in [0.2, 0.25) is 0 Å². The number of anilines is 1. The minimum Gasteiger partial charge on any atom is -0.348 e. The van der Waals surface area contributed by atoms with Crippen molar-refractivity contribution in [2.24, 2.45) is 5.92 Å². The van der Waals surface area contributed by atoms with Crippen LogP contribution in [0, 0.1) is 12.8 Å². The zero-order chi connectivity index (χ0) is 17.7. The minimum atomic E-state index is -3.42. The molecule has 1 saturated heterocycles. The lowest BCUT2D eigenvalue weighted by atomic mass is 9.99. The fourth-order valence-electron chi connectivity index (χ4n) is 2.91. The Labute approximate surface area is 153 Å². The Hall–Kier alpha value is -1.70. The lowest BCUT2D eigenvalue weighted by molar-refractivity contribution is 0.411. The number of benzene rings is 1. The van der Waals surface area contributed by atoms with Crippen LogP contribution in [-0.4, -0.2) is 33.0 Å². The minimum absolute atomic E-state index is 0.306. The van der Waals surface area contributed by atoms with Gasteiger partial charge in [-0.25, -0.2) is 18.1 Å². The van der Waals surface area contributed by atoms with Crippen LogP contribution in [0.25, 0.3) is 6.08 Å². The highest BCUT2D eigenvalue weighted by Gasteiger charge is 2.22. The second-order valence-corrected chi connectivity index (χ2v) is 8.90. The van der Waals surface area contributed by atoms with E-state index in [9.17, 15) is 8.42 Å². The lowest BCUT2D eigenvalue weighted by Gasteiger charge is -2.32. The molecule has 25 heavy (non-hydrogen) atoms. The maximum absolute atomic E-state index is 12.2. The van der Waals surface area contributed by atoms with Gasteiger partial charge in [0.05, 0.1) is 0 Å². The molecule has 1 N–H and O–H groups in total. The SMILES string of the molecule is Cc1ccc(/C=C/S(=O)(=O)NCC2CCCN(c3nccs3)C2)cc1. The van der Waals surface area contributed by atoms with Gasteiger partial charge in [-0.3, -0.25) is 0 Å². The van der Waals surface area contributed by atoms with Gasteiger partial charge in [-0.1, -0.05) is 29.8 Å². The molecule has 5 nitrogen and oxygen atoms in total. The number of hydrogen-bond acceptors (Lipinski definition) is 5. The molecule has 1 atom stereocenters. The van der Waals surface area contributed by atoms with Crippen molar-refractivity contribution in [3.63, 3.8) is 0 Å². The third-order valence-electron chi connectivity index (χ3n) is 4.30. The van der Waals surface area contributed by atoms with E-state index < -0.39 is 10.0 Å². The Morgan fingerprint density at radius 2 is 2.16 bits per heavy atom. The van der Waals surface area contributed by atoms with Gasteiger partial charge in [-0.15, -0.1) is 11.3 Å². The van der Waals surface area contributed by atoms with Crippen LogP contribution in [0.4, 0.5) is 5.13 Å². The van der Waals surface area contributed by atoms with E-state index in [-0.39, 0.29) is 0 Å². The van der Waals surface area contributed by atoms with Crippen molar-refractivity contribution in [2.45, 2.75) is 19.8 Å². The third-order valence-corrected chi connectivity index (χ3v) is 6.19. The van der Waals surface area contributed by atoms with Crippen LogP contribution in [0.5, 0.6) is 0 Å². The van der Waals surface area contributed by atoms with Crippen LogP contribution in [-0.2, 0) is 10.0 Å². The summed E-state index contributed by atoms with van der Waals surface area (Å²) in [5.41, 5.74) is 2.03. The van der Waals surface area contributed by atoms with Gasteiger partial charge in [-0.05, 0) is 37.3 Å². The molecule has 0 amide bonds. The number of sulfonamides is 1. The van der Waals surface area contributed by atoms with Crippen LogP contribution in [0.15, 0.2) is 41.3 Å². The number of nitrogens with zero attached hydrogens (tertiary/aromatic N) is 2. The summed E-state index contributed by atoms with van der Waals surface area (Å²) in [4.78, 5) is 6.59. The number of aromatic nitrogens is 1. The predicted molar refractivity (Wildman–Crippen MR) is 104 cm³/mol. The summed E-state index contributed by atoms with van der Waals surface area (Å²) in [6.07, 6.45) is 5.53. The molecule has 1 fully saturated rings. The van der Waals surface area contributed by atoms with E-state index in [1.165, 1.54) is 5.41 Å². The van der Waals surface area contributed by atoms with Crippen LogP contribution in [0.3, 0.4) is 0 Å². The molecular formula is C18H23N3O2S2. The molecule has 1 unspecified atom stereocenters. The van der Waals surface area contributed by atoms with Crippen molar-refractivity contribution >= 4 is 32.6 Å². The van der Waals surface area contributed by atoms with Gasteiger partial charge in [0.1, 0.15) is 0 Å². The van der Waals surface area contributed by atoms with Gasteiger partial charge in [0.25, 0.3) is 0 Å². The maximum atomic E-state index is 12.2. The largest absolute Gasteiger partial charge is 0.348 e. The van der Waals surface area contributed by atoms with Gasteiger partial charge in [0.15, 0.2) is 5.13 Å². The van der Waals surface area contributed by atoms with Crippen molar-refractivity contribution in [1.29, 1.82) is 0 Å². The molecule has 2 aromatic rings. The predicted octanol–water partition coefficient (Wildman–Crippen LogP) is 3.26. The fraction of sp³-hybridized carbons (Fsp3) is 0.389. The smallest absolute Gasteiger partial charge is 0.233 e. The van der Waals surface area contributed by atoms with Gasteiger partial charge < -0.3 is 4.90 Å². The Kier molecular flexibility index (Phi) is 5.88. The molecule has 0 radical (unpaired) electrons. The molecule has 1 aromatic heterocycles. The quantitative estimate of drug-likeness (QED) is 0.839. The maximum Gasteiger partial charge on any atom is 0.233 e.